The minimum absolute atomic E-state index is 0.00988. The number of carbonyl (C=O) groups excluding carboxylic acids is 1. The molecule has 0 unspecified atom stereocenters. The predicted octanol–water partition coefficient (Wildman–Crippen LogP) is 4.05. The maximum absolute atomic E-state index is 13.6. The van der Waals surface area contributed by atoms with Gasteiger partial charge >= 0.3 is 0 Å². The van der Waals surface area contributed by atoms with Crippen LogP contribution in [0.2, 0.25) is 0 Å². The third kappa shape index (κ3) is 6.69. The monoisotopic (exact) mass is 512 g/mol. The summed E-state index contributed by atoms with van der Waals surface area (Å²) >= 11 is 0. The van der Waals surface area contributed by atoms with Gasteiger partial charge in [0, 0.05) is 12.6 Å². The largest absolute Gasteiger partial charge is 0.494 e. The van der Waals surface area contributed by atoms with Crippen LogP contribution in [0.5, 0.6) is 17.2 Å². The van der Waals surface area contributed by atoms with Gasteiger partial charge in [0.25, 0.3) is 10.0 Å². The summed E-state index contributed by atoms with van der Waals surface area (Å²) in [6.45, 7) is 2.55. The number of benzene rings is 3. The highest BCUT2D eigenvalue weighted by Gasteiger charge is 2.28. The smallest absolute Gasteiger partial charge is 0.264 e. The van der Waals surface area contributed by atoms with Crippen LogP contribution in [0.1, 0.15) is 18.9 Å². The fourth-order valence-corrected chi connectivity index (χ4v) is 5.15. The second-order valence-electron chi connectivity index (χ2n) is 7.86. The van der Waals surface area contributed by atoms with E-state index >= 15 is 0 Å². The van der Waals surface area contributed by atoms with E-state index in [0.29, 0.717) is 31.0 Å². The van der Waals surface area contributed by atoms with Crippen molar-refractivity contribution in [2.24, 2.45) is 0 Å². The number of ether oxygens (including phenoxy) is 3. The summed E-state index contributed by atoms with van der Waals surface area (Å²) < 4.78 is 44.4. The van der Waals surface area contributed by atoms with Crippen molar-refractivity contribution in [2.45, 2.75) is 24.7 Å². The molecule has 0 radical (unpaired) electrons. The van der Waals surface area contributed by atoms with E-state index < -0.39 is 15.9 Å². The molecule has 3 rings (SSSR count). The van der Waals surface area contributed by atoms with Crippen LogP contribution in [0.4, 0.5) is 5.69 Å². The summed E-state index contributed by atoms with van der Waals surface area (Å²) in [6, 6.07) is 20.7. The Morgan fingerprint density at radius 1 is 0.889 bits per heavy atom. The zero-order chi connectivity index (χ0) is 26.0. The molecule has 0 bridgehead atoms. The summed E-state index contributed by atoms with van der Waals surface area (Å²) in [5.74, 6) is 1.12. The molecular weight excluding hydrogens is 480 g/mol. The second kappa shape index (κ2) is 12.8. The van der Waals surface area contributed by atoms with Gasteiger partial charge < -0.3 is 19.5 Å². The van der Waals surface area contributed by atoms with E-state index in [4.69, 9.17) is 14.2 Å². The maximum Gasteiger partial charge on any atom is 0.264 e. The lowest BCUT2D eigenvalue weighted by atomic mass is 10.1. The number of sulfonamides is 1. The molecule has 9 heteroatoms. The number of hydrogen-bond acceptors (Lipinski definition) is 6. The third-order valence-electron chi connectivity index (χ3n) is 5.49. The minimum Gasteiger partial charge on any atom is -0.494 e. The van der Waals surface area contributed by atoms with E-state index in [9.17, 15) is 13.2 Å². The molecule has 0 aliphatic heterocycles. The fraction of sp³-hybridized carbons (Fsp3) is 0.296. The SMILES string of the molecule is CCOc1ccccc1CCCNC(=O)CN(c1ccccc1)S(=O)(=O)c1ccc(OC)c(OC)c1. The number of anilines is 1. The van der Waals surface area contributed by atoms with Crippen LogP contribution in [0.3, 0.4) is 0 Å². The minimum atomic E-state index is -4.07. The Labute approximate surface area is 212 Å². The van der Waals surface area contributed by atoms with Gasteiger partial charge in [-0.2, -0.15) is 0 Å². The lowest BCUT2D eigenvalue weighted by Gasteiger charge is -2.24. The first kappa shape index (κ1) is 26.9. The molecule has 0 fully saturated rings. The highest BCUT2D eigenvalue weighted by molar-refractivity contribution is 7.92. The van der Waals surface area contributed by atoms with E-state index in [-0.39, 0.29) is 17.2 Å². The fourth-order valence-electron chi connectivity index (χ4n) is 3.71. The zero-order valence-electron chi connectivity index (χ0n) is 20.8. The number of nitrogens with zero attached hydrogens (tertiary/aromatic N) is 1. The normalized spacial score (nSPS) is 11.0. The number of aryl methyl sites for hydroxylation is 1. The van der Waals surface area contributed by atoms with E-state index in [2.05, 4.69) is 5.32 Å². The van der Waals surface area contributed by atoms with Crippen molar-refractivity contribution in [3.8, 4) is 17.2 Å². The van der Waals surface area contributed by atoms with Crippen molar-refractivity contribution in [1.29, 1.82) is 0 Å². The summed E-state index contributed by atoms with van der Waals surface area (Å²) in [6.07, 6.45) is 1.41. The number of hydrogen-bond donors (Lipinski definition) is 1. The average Bonchev–Trinajstić information content (AvgIpc) is 2.90. The molecule has 0 saturated carbocycles. The number of carbonyl (C=O) groups is 1. The van der Waals surface area contributed by atoms with Gasteiger partial charge in [-0.15, -0.1) is 0 Å². The number of nitrogens with one attached hydrogen (secondary N) is 1. The predicted molar refractivity (Wildman–Crippen MR) is 139 cm³/mol. The average molecular weight is 513 g/mol. The molecule has 0 aliphatic carbocycles. The molecule has 0 aliphatic rings. The number of methoxy groups -OCH3 is 2. The van der Waals surface area contributed by atoms with Gasteiger partial charge in [0.2, 0.25) is 5.91 Å². The molecule has 0 saturated heterocycles. The van der Waals surface area contributed by atoms with Crippen LogP contribution in [-0.4, -0.2) is 48.2 Å². The highest BCUT2D eigenvalue weighted by Crippen LogP contribution is 2.32. The first-order valence-corrected chi connectivity index (χ1v) is 13.1. The molecular formula is C27H32N2O6S. The van der Waals surface area contributed by atoms with Crippen molar-refractivity contribution in [3.05, 3.63) is 78.4 Å². The molecule has 1 amide bonds. The van der Waals surface area contributed by atoms with Crippen LogP contribution in [0.25, 0.3) is 0 Å². The molecule has 0 heterocycles. The summed E-state index contributed by atoms with van der Waals surface area (Å²) in [5.41, 5.74) is 1.45. The molecule has 1 N–H and O–H groups in total. The molecule has 3 aromatic rings. The van der Waals surface area contributed by atoms with Gasteiger partial charge in [-0.3, -0.25) is 9.10 Å². The Kier molecular flexibility index (Phi) is 9.58. The van der Waals surface area contributed by atoms with Crippen molar-refractivity contribution >= 4 is 21.6 Å². The first-order valence-electron chi connectivity index (χ1n) is 11.7. The first-order chi connectivity index (χ1) is 17.4. The Bertz CT molecular complexity index is 1250. The summed E-state index contributed by atoms with van der Waals surface area (Å²) in [7, 11) is -1.16. The summed E-state index contributed by atoms with van der Waals surface area (Å²) in [4.78, 5) is 12.8. The van der Waals surface area contributed by atoms with Crippen molar-refractivity contribution in [1.82, 2.24) is 5.32 Å². The quantitative estimate of drug-likeness (QED) is 0.347. The van der Waals surface area contributed by atoms with E-state index in [0.717, 1.165) is 22.0 Å². The maximum atomic E-state index is 13.6. The van der Waals surface area contributed by atoms with E-state index in [1.165, 1.54) is 32.4 Å². The van der Waals surface area contributed by atoms with Crippen molar-refractivity contribution < 1.29 is 27.4 Å². The van der Waals surface area contributed by atoms with Gasteiger partial charge in [-0.05, 0) is 55.7 Å². The van der Waals surface area contributed by atoms with Crippen LogP contribution in [-0.2, 0) is 21.2 Å². The standard InChI is InChI=1S/C27H32N2O6S/c1-4-35-24-15-9-8-11-21(24)12-10-18-28-27(30)20-29(22-13-6-5-7-14-22)36(31,32)23-16-17-25(33-2)26(19-23)34-3/h5-9,11,13-17,19H,4,10,12,18,20H2,1-3H3,(H,28,30). The lowest BCUT2D eigenvalue weighted by molar-refractivity contribution is -0.119. The van der Waals surface area contributed by atoms with Crippen molar-refractivity contribution in [2.75, 3.05) is 38.2 Å². The Morgan fingerprint density at radius 3 is 2.28 bits per heavy atom. The van der Waals surface area contributed by atoms with Crippen LogP contribution >= 0.6 is 0 Å². The molecule has 192 valence electrons. The zero-order valence-corrected chi connectivity index (χ0v) is 21.6. The lowest BCUT2D eigenvalue weighted by Crippen LogP contribution is -2.41. The van der Waals surface area contributed by atoms with E-state index in [1.54, 1.807) is 30.3 Å². The Balaban J connectivity index is 1.72. The second-order valence-corrected chi connectivity index (χ2v) is 9.72. The topological polar surface area (TPSA) is 94.2 Å². The van der Waals surface area contributed by atoms with Gasteiger partial charge in [-0.25, -0.2) is 8.42 Å². The molecule has 8 nitrogen and oxygen atoms in total. The van der Waals surface area contributed by atoms with Gasteiger partial charge in [-0.1, -0.05) is 36.4 Å². The van der Waals surface area contributed by atoms with Gasteiger partial charge in [0.15, 0.2) is 11.5 Å². The number of amides is 1. The Morgan fingerprint density at radius 2 is 1.58 bits per heavy atom. The highest BCUT2D eigenvalue weighted by atomic mass is 32.2. The van der Waals surface area contributed by atoms with Gasteiger partial charge in [0.1, 0.15) is 12.3 Å². The van der Waals surface area contributed by atoms with Crippen LogP contribution in [0.15, 0.2) is 77.7 Å². The third-order valence-corrected chi connectivity index (χ3v) is 7.26. The Hall–Kier alpha value is -3.72. The summed E-state index contributed by atoms with van der Waals surface area (Å²) in [5, 5.41) is 2.84. The molecule has 0 aromatic heterocycles. The molecule has 0 atom stereocenters. The van der Waals surface area contributed by atoms with E-state index in [1.807, 2.05) is 31.2 Å². The number of para-hydroxylation sites is 2. The number of rotatable bonds is 13. The molecule has 3 aromatic carbocycles. The van der Waals surface area contributed by atoms with Crippen LogP contribution < -0.4 is 23.8 Å². The van der Waals surface area contributed by atoms with Crippen molar-refractivity contribution in [3.63, 3.8) is 0 Å². The van der Waals surface area contributed by atoms with Crippen LogP contribution in [0, 0.1) is 0 Å². The molecule has 0 spiro atoms. The molecule has 36 heavy (non-hydrogen) atoms. The van der Waals surface area contributed by atoms with Gasteiger partial charge in [0.05, 0.1) is 31.4 Å².